The van der Waals surface area contributed by atoms with E-state index in [0.29, 0.717) is 69.5 Å². The van der Waals surface area contributed by atoms with E-state index in [1.54, 1.807) is 58.0 Å². The number of primary amides is 1. The number of nitrogens with two attached hydrogens (primary N) is 2. The minimum atomic E-state index is -2.02. The van der Waals surface area contributed by atoms with Crippen LogP contribution in [0.2, 0.25) is 0 Å². The Morgan fingerprint density at radius 3 is 2.52 bits per heavy atom. The summed E-state index contributed by atoms with van der Waals surface area (Å²) in [6.07, 6.45) is 0.653. The number of aliphatic hydroxyl groups is 1. The molecule has 61 heavy (non-hydrogen) atoms. The van der Waals surface area contributed by atoms with Crippen molar-refractivity contribution in [1.82, 2.24) is 25.5 Å². The standard InChI is InChI=1S/C43H49FN8O9/c1-5-43(59)27-15-32-36-25(17-52(32)39(55)26(27)19-60-40(43)56)34-29(13-12-24-21(4)28(44)16-31(49-36)33(24)34)51-42(58)61-18-22-8-10-23(11-9-22)48-37(53)30(7-6-14-47-41(46)57)50-38(54)35(45)20(2)3/h8-11,15-16,20,29-30,35,59H,5-7,12-14,17-19,45H2,1-4H3,(H,48,53)(H,50,54)(H,51,58)(H3,46,47,57)/t29-,30-,35-,43-/m0/s1. The van der Waals surface area contributed by atoms with Gasteiger partial charge in [-0.25, -0.2) is 23.8 Å². The Balaban J connectivity index is 1.07. The molecule has 0 bridgehead atoms. The zero-order valence-corrected chi connectivity index (χ0v) is 34.3. The second kappa shape index (κ2) is 16.9. The van der Waals surface area contributed by atoms with Gasteiger partial charge in [0.05, 0.1) is 41.1 Å². The maximum atomic E-state index is 15.3. The highest BCUT2D eigenvalue weighted by atomic mass is 19.1. The molecule has 4 heterocycles. The van der Waals surface area contributed by atoms with Crippen LogP contribution in [0.5, 0.6) is 0 Å². The van der Waals surface area contributed by atoms with Gasteiger partial charge in [0.15, 0.2) is 5.60 Å². The molecule has 9 N–H and O–H groups in total. The number of fused-ring (bicyclic) bond motifs is 5. The van der Waals surface area contributed by atoms with Gasteiger partial charge in [0, 0.05) is 34.8 Å². The minimum Gasteiger partial charge on any atom is -0.458 e. The van der Waals surface area contributed by atoms with Gasteiger partial charge in [-0.05, 0) is 85.4 Å². The molecule has 2 aromatic heterocycles. The summed E-state index contributed by atoms with van der Waals surface area (Å²) in [7, 11) is 0. The summed E-state index contributed by atoms with van der Waals surface area (Å²) < 4.78 is 27.7. The number of benzene rings is 2. The van der Waals surface area contributed by atoms with Gasteiger partial charge in [0.1, 0.15) is 25.1 Å². The van der Waals surface area contributed by atoms with Crippen molar-refractivity contribution in [3.63, 3.8) is 0 Å². The van der Waals surface area contributed by atoms with Crippen LogP contribution in [0.1, 0.15) is 91.4 Å². The smallest absolute Gasteiger partial charge is 0.407 e. The first-order valence-electron chi connectivity index (χ1n) is 20.3. The van der Waals surface area contributed by atoms with E-state index in [0.717, 1.165) is 5.56 Å². The monoisotopic (exact) mass is 840 g/mol. The number of carbonyl (C=O) groups is 5. The van der Waals surface area contributed by atoms with Gasteiger partial charge >= 0.3 is 18.1 Å². The summed E-state index contributed by atoms with van der Waals surface area (Å²) in [5.74, 6) is -2.42. The lowest BCUT2D eigenvalue weighted by Gasteiger charge is -2.31. The molecule has 1 aliphatic carbocycles. The summed E-state index contributed by atoms with van der Waals surface area (Å²) in [4.78, 5) is 82.0. The number of ether oxygens (including phenoxy) is 2. The van der Waals surface area contributed by atoms with Gasteiger partial charge in [0.25, 0.3) is 5.56 Å². The van der Waals surface area contributed by atoms with Crippen LogP contribution in [0.15, 0.2) is 41.2 Å². The molecule has 7 rings (SSSR count). The zero-order chi connectivity index (χ0) is 43.9. The molecule has 322 valence electrons. The molecule has 0 fully saturated rings. The molecule has 17 nitrogen and oxygen atoms in total. The first-order chi connectivity index (χ1) is 29.0. The first kappa shape index (κ1) is 42.7. The number of hydrogen-bond acceptors (Lipinski definition) is 11. The van der Waals surface area contributed by atoms with Gasteiger partial charge in [0.2, 0.25) is 11.8 Å². The van der Waals surface area contributed by atoms with Crippen molar-refractivity contribution in [2.75, 3.05) is 11.9 Å². The molecule has 5 amide bonds. The van der Waals surface area contributed by atoms with Gasteiger partial charge in [-0.15, -0.1) is 0 Å². The van der Waals surface area contributed by atoms with Crippen molar-refractivity contribution in [2.45, 2.75) is 103 Å². The van der Waals surface area contributed by atoms with Gasteiger partial charge in [-0.1, -0.05) is 32.9 Å². The SMILES string of the molecule is CC[C@@]1(O)C(=O)OCc2c1cc1n(c2=O)Cc2c-1nc1cc(F)c(C)c3c1c2[C@@H](NC(=O)OCc1ccc(NC(=O)[C@H](CCCNC(N)=O)NC(=O)[C@@H](N)C(C)C)cc1)CC3. The topological polar surface area (TPSA) is 259 Å². The molecule has 2 aliphatic heterocycles. The molecule has 0 radical (unpaired) electrons. The number of carbonyl (C=O) groups excluding carboxylic acids is 5. The molecular weight excluding hydrogens is 792 g/mol. The van der Waals surface area contributed by atoms with E-state index < -0.39 is 65.0 Å². The highest BCUT2D eigenvalue weighted by Crippen LogP contribution is 2.46. The van der Waals surface area contributed by atoms with Crippen LogP contribution >= 0.6 is 0 Å². The first-order valence-corrected chi connectivity index (χ1v) is 20.3. The third-order valence-corrected chi connectivity index (χ3v) is 11.9. The number of aromatic nitrogens is 2. The van der Waals surface area contributed by atoms with Crippen molar-refractivity contribution in [3.8, 4) is 11.4 Å². The number of hydrogen-bond donors (Lipinski definition) is 7. The number of pyridine rings is 2. The van der Waals surface area contributed by atoms with Crippen molar-refractivity contribution in [1.29, 1.82) is 0 Å². The largest absolute Gasteiger partial charge is 0.458 e. The lowest BCUT2D eigenvalue weighted by molar-refractivity contribution is -0.172. The number of alkyl carbamates (subject to hydrolysis) is 1. The number of urea groups is 1. The van der Waals surface area contributed by atoms with E-state index >= 15 is 4.39 Å². The second-order valence-electron chi connectivity index (χ2n) is 16.1. The normalized spacial score (nSPS) is 18.3. The predicted molar refractivity (Wildman–Crippen MR) is 220 cm³/mol. The molecule has 0 unspecified atom stereocenters. The van der Waals surface area contributed by atoms with Crippen molar-refractivity contribution in [3.05, 3.63) is 91.5 Å². The maximum Gasteiger partial charge on any atom is 0.407 e. The number of nitrogens with one attached hydrogen (secondary N) is 4. The average Bonchev–Trinajstić information content (AvgIpc) is 3.60. The van der Waals surface area contributed by atoms with Crippen LogP contribution in [0.4, 0.5) is 19.7 Å². The highest BCUT2D eigenvalue weighted by Gasteiger charge is 2.46. The second-order valence-corrected chi connectivity index (χ2v) is 16.1. The Bertz CT molecular complexity index is 2520. The Labute approximate surface area is 349 Å². The minimum absolute atomic E-state index is 0.0242. The number of cyclic esters (lactones) is 1. The Hall–Kier alpha value is -6.40. The van der Waals surface area contributed by atoms with E-state index in [9.17, 15) is 33.9 Å². The van der Waals surface area contributed by atoms with Crippen LogP contribution in [-0.4, -0.2) is 63.2 Å². The fraction of sp³-hybridized carbons (Fsp3) is 0.419. The predicted octanol–water partition coefficient (Wildman–Crippen LogP) is 3.30. The fourth-order valence-electron chi connectivity index (χ4n) is 8.30. The summed E-state index contributed by atoms with van der Waals surface area (Å²) in [6.45, 7) is 6.78. The lowest BCUT2D eigenvalue weighted by atomic mass is 9.81. The molecule has 0 saturated carbocycles. The van der Waals surface area contributed by atoms with Crippen LogP contribution < -0.4 is 38.3 Å². The summed E-state index contributed by atoms with van der Waals surface area (Å²) in [6, 6.07) is 6.44. The maximum absolute atomic E-state index is 15.3. The van der Waals surface area contributed by atoms with Crippen molar-refractivity contribution < 1.29 is 42.9 Å². The highest BCUT2D eigenvalue weighted by molar-refractivity contribution is 5.98. The van der Waals surface area contributed by atoms with Gasteiger partial charge < -0.3 is 51.9 Å². The van der Waals surface area contributed by atoms with Crippen LogP contribution in [0.3, 0.4) is 0 Å². The number of anilines is 1. The molecule has 2 aromatic carbocycles. The number of aryl methyl sites for hydroxylation is 1. The third kappa shape index (κ3) is 8.12. The van der Waals surface area contributed by atoms with E-state index in [4.69, 9.17) is 25.9 Å². The molecule has 0 saturated heterocycles. The van der Waals surface area contributed by atoms with E-state index in [2.05, 4.69) is 21.3 Å². The number of esters is 1. The summed E-state index contributed by atoms with van der Waals surface area (Å²) in [5, 5.41) is 22.9. The number of amides is 5. The number of halogens is 1. The molecular formula is C43H49FN8O9. The quantitative estimate of drug-likeness (QED) is 0.0669. The Morgan fingerprint density at radius 2 is 1.84 bits per heavy atom. The van der Waals surface area contributed by atoms with Crippen LogP contribution in [-0.2, 0) is 55.6 Å². The number of nitrogens with zero attached hydrogens (tertiary/aromatic N) is 2. The zero-order valence-electron chi connectivity index (χ0n) is 34.3. The van der Waals surface area contributed by atoms with Gasteiger partial charge in [-0.3, -0.25) is 14.4 Å². The average molecular weight is 841 g/mol. The summed E-state index contributed by atoms with van der Waals surface area (Å²) >= 11 is 0. The van der Waals surface area contributed by atoms with E-state index in [1.165, 1.54) is 10.6 Å². The van der Waals surface area contributed by atoms with E-state index in [1.807, 2.05) is 0 Å². The van der Waals surface area contributed by atoms with Gasteiger partial charge in [-0.2, -0.15) is 0 Å². The lowest BCUT2D eigenvalue weighted by Crippen LogP contribution is -2.51. The van der Waals surface area contributed by atoms with E-state index in [-0.39, 0.29) is 56.2 Å². The van der Waals surface area contributed by atoms with Crippen molar-refractivity contribution >= 4 is 46.5 Å². The Morgan fingerprint density at radius 1 is 1.10 bits per heavy atom. The third-order valence-electron chi connectivity index (χ3n) is 11.9. The number of rotatable bonds is 13. The van der Waals surface area contributed by atoms with Crippen LogP contribution in [0, 0.1) is 18.7 Å². The molecule has 4 atom stereocenters. The molecule has 18 heteroatoms. The fourth-order valence-corrected chi connectivity index (χ4v) is 8.30. The summed E-state index contributed by atoms with van der Waals surface area (Å²) in [5.41, 5.74) is 13.7. The van der Waals surface area contributed by atoms with Crippen LogP contribution in [0.25, 0.3) is 22.3 Å². The van der Waals surface area contributed by atoms with Crippen molar-refractivity contribution in [2.24, 2.45) is 17.4 Å². The Kier molecular flexibility index (Phi) is 11.9. The molecule has 0 spiro atoms. The molecule has 4 aromatic rings. The molecule has 3 aliphatic rings.